The highest BCUT2D eigenvalue weighted by Gasteiger charge is 2.29. The van der Waals surface area contributed by atoms with Crippen molar-refractivity contribution in [3.05, 3.63) is 85.5 Å². The van der Waals surface area contributed by atoms with E-state index >= 15 is 0 Å². The van der Waals surface area contributed by atoms with E-state index in [1.807, 2.05) is 58.9 Å². The topological polar surface area (TPSA) is 164 Å². The number of rotatable bonds is 10. The van der Waals surface area contributed by atoms with Crippen LogP contribution in [-0.4, -0.2) is 50.0 Å². The van der Waals surface area contributed by atoms with E-state index in [0.29, 0.717) is 22.3 Å². The summed E-state index contributed by atoms with van der Waals surface area (Å²) in [6.45, 7) is 13.1. The van der Waals surface area contributed by atoms with Crippen molar-refractivity contribution >= 4 is 42.0 Å². The van der Waals surface area contributed by atoms with Crippen LogP contribution in [-0.2, 0) is 32.0 Å². The number of hydrogen-bond acceptors (Lipinski definition) is 4. The van der Waals surface area contributed by atoms with Gasteiger partial charge in [0.2, 0.25) is 5.91 Å². The monoisotopic (exact) mass is 586 g/mol. The molecule has 0 spiro atoms. The highest BCUT2D eigenvalue weighted by atomic mass is 16.4. The second kappa shape index (κ2) is 12.6. The molecular formula is C33H38N4O6. The van der Waals surface area contributed by atoms with E-state index < -0.39 is 11.9 Å². The van der Waals surface area contributed by atoms with Crippen LogP contribution in [0.5, 0.6) is 0 Å². The summed E-state index contributed by atoms with van der Waals surface area (Å²) in [4.78, 5) is 54.6. The fourth-order valence-electron chi connectivity index (χ4n) is 5.79. The van der Waals surface area contributed by atoms with Gasteiger partial charge in [0.25, 0.3) is 5.91 Å². The first-order chi connectivity index (χ1) is 20.4. The van der Waals surface area contributed by atoms with Gasteiger partial charge >= 0.3 is 11.9 Å². The maximum atomic E-state index is 12.4. The number of carbonyl (C=O) groups excluding carboxylic acids is 2. The standard InChI is InChI=1S/C33H38N4O6/c1-7-20-19(6)32(42)37-27(20)14-25-18(5)23(10-12-31(40)41)29(35-25)15-28-22(9-11-30(38)39)17(4)24(34-28)13-26-16(3)21(8-2)33(43)36-26/h7-8,13-15,19,26,34-35H,2,9-12H2,1,3-6H3,(H,36,43)(H,37,42)(H,38,39)(H,40,41)/b20-7+,24-13+,27-14-,28-15-/t19-,26?/m0/s1. The molecule has 2 aliphatic rings. The first-order valence-corrected chi connectivity index (χ1v) is 14.2. The number of amides is 2. The lowest BCUT2D eigenvalue weighted by Gasteiger charge is -2.06. The van der Waals surface area contributed by atoms with Crippen LogP contribution in [0.1, 0.15) is 67.3 Å². The smallest absolute Gasteiger partial charge is 0.303 e. The van der Waals surface area contributed by atoms with Gasteiger partial charge in [-0.3, -0.25) is 19.2 Å². The number of hydrogen-bond donors (Lipinski definition) is 6. The van der Waals surface area contributed by atoms with Crippen LogP contribution in [0.3, 0.4) is 0 Å². The summed E-state index contributed by atoms with van der Waals surface area (Å²) < 4.78 is 0. The molecule has 0 aliphatic carbocycles. The second-order valence-electron chi connectivity index (χ2n) is 11.0. The molecule has 10 nitrogen and oxygen atoms in total. The van der Waals surface area contributed by atoms with Crippen molar-refractivity contribution in [1.29, 1.82) is 0 Å². The van der Waals surface area contributed by atoms with E-state index in [-0.39, 0.29) is 49.5 Å². The molecule has 2 amide bonds. The van der Waals surface area contributed by atoms with Gasteiger partial charge in [0, 0.05) is 46.2 Å². The molecule has 4 heterocycles. The normalized spacial score (nSPS) is 21.3. The van der Waals surface area contributed by atoms with Gasteiger partial charge in [-0.25, -0.2) is 0 Å². The number of aromatic amines is 2. The summed E-state index contributed by atoms with van der Waals surface area (Å²) in [7, 11) is 0. The van der Waals surface area contributed by atoms with Crippen molar-refractivity contribution in [2.24, 2.45) is 5.92 Å². The van der Waals surface area contributed by atoms with E-state index in [0.717, 1.165) is 44.4 Å². The molecule has 2 aliphatic heterocycles. The molecule has 4 rings (SSSR count). The molecule has 2 aromatic rings. The van der Waals surface area contributed by atoms with Crippen molar-refractivity contribution in [3.63, 3.8) is 0 Å². The maximum absolute atomic E-state index is 12.4. The SMILES string of the molecule is C=CC1=C(C)C(/C=c2/[nH]/c(=C\c3[nH]c(/C=C4\NC(=O)[C@@H](C)\C4=C/C)c(C)c3CCC(=O)O)c(CCC(=O)O)c2C)NC1=O. The summed E-state index contributed by atoms with van der Waals surface area (Å²) in [5.41, 5.74) is 7.72. The predicted molar refractivity (Wildman–Crippen MR) is 164 cm³/mol. The van der Waals surface area contributed by atoms with Gasteiger partial charge in [0.05, 0.1) is 12.0 Å². The molecule has 0 saturated carbocycles. The number of carbonyl (C=O) groups is 4. The Hall–Kier alpha value is -4.86. The molecule has 226 valence electrons. The Morgan fingerprint density at radius 3 is 2.14 bits per heavy atom. The summed E-state index contributed by atoms with van der Waals surface area (Å²) in [6.07, 6.45) is 9.50. The largest absolute Gasteiger partial charge is 0.481 e. The lowest BCUT2D eigenvalue weighted by Crippen LogP contribution is -2.29. The number of nitrogens with one attached hydrogen (secondary N) is 4. The number of aliphatic carboxylic acids is 2. The number of carboxylic acid groups (broad SMARTS) is 2. The van der Waals surface area contributed by atoms with Gasteiger partial charge < -0.3 is 30.8 Å². The van der Waals surface area contributed by atoms with Crippen LogP contribution in [0.4, 0.5) is 0 Å². The molecule has 1 fully saturated rings. The van der Waals surface area contributed by atoms with Crippen LogP contribution in [0.25, 0.3) is 18.2 Å². The van der Waals surface area contributed by atoms with Crippen LogP contribution in [0, 0.1) is 19.8 Å². The summed E-state index contributed by atoms with van der Waals surface area (Å²) in [5.74, 6) is -2.40. The first-order valence-electron chi connectivity index (χ1n) is 14.2. The Bertz CT molecular complexity index is 1750. The van der Waals surface area contributed by atoms with Crippen LogP contribution in [0.15, 0.2) is 41.1 Å². The van der Waals surface area contributed by atoms with Crippen LogP contribution < -0.4 is 21.3 Å². The minimum absolute atomic E-state index is 0.0727. The van der Waals surface area contributed by atoms with Gasteiger partial charge in [-0.2, -0.15) is 0 Å². The molecule has 1 saturated heterocycles. The number of allylic oxidation sites excluding steroid dienone is 2. The third kappa shape index (κ3) is 6.33. The maximum Gasteiger partial charge on any atom is 0.303 e. The zero-order valence-corrected chi connectivity index (χ0v) is 25.1. The van der Waals surface area contributed by atoms with Crippen LogP contribution >= 0.6 is 0 Å². The predicted octanol–water partition coefficient (Wildman–Crippen LogP) is 2.66. The number of carboxylic acids is 2. The minimum atomic E-state index is -0.922. The highest BCUT2D eigenvalue weighted by molar-refractivity contribution is 6.01. The van der Waals surface area contributed by atoms with Gasteiger partial charge in [-0.15, -0.1) is 0 Å². The quantitative estimate of drug-likeness (QED) is 0.251. The zero-order valence-electron chi connectivity index (χ0n) is 25.1. The van der Waals surface area contributed by atoms with Gasteiger partial charge in [-0.05, 0) is 99.1 Å². The number of H-pyrrole nitrogens is 2. The van der Waals surface area contributed by atoms with Crippen molar-refractivity contribution in [1.82, 2.24) is 20.6 Å². The Morgan fingerprint density at radius 2 is 1.56 bits per heavy atom. The minimum Gasteiger partial charge on any atom is -0.481 e. The molecule has 1 unspecified atom stereocenters. The average molecular weight is 587 g/mol. The molecule has 0 radical (unpaired) electrons. The lowest BCUT2D eigenvalue weighted by atomic mass is 10.00. The van der Waals surface area contributed by atoms with Crippen molar-refractivity contribution in [3.8, 4) is 0 Å². The molecule has 43 heavy (non-hydrogen) atoms. The molecule has 2 atom stereocenters. The fraction of sp³-hybridized carbons (Fsp3) is 0.333. The van der Waals surface area contributed by atoms with E-state index in [2.05, 4.69) is 27.2 Å². The van der Waals surface area contributed by atoms with Gasteiger partial charge in [0.15, 0.2) is 0 Å². The fourth-order valence-corrected chi connectivity index (χ4v) is 5.79. The number of aromatic nitrogens is 2. The molecule has 0 aromatic carbocycles. The van der Waals surface area contributed by atoms with Crippen molar-refractivity contribution in [2.45, 2.75) is 66.3 Å². The van der Waals surface area contributed by atoms with Crippen molar-refractivity contribution in [2.75, 3.05) is 0 Å². The van der Waals surface area contributed by atoms with Gasteiger partial charge in [0.1, 0.15) is 0 Å². The van der Waals surface area contributed by atoms with E-state index in [1.54, 1.807) is 0 Å². The van der Waals surface area contributed by atoms with Gasteiger partial charge in [-0.1, -0.05) is 18.7 Å². The highest BCUT2D eigenvalue weighted by Crippen LogP contribution is 2.29. The van der Waals surface area contributed by atoms with Crippen molar-refractivity contribution < 1.29 is 29.4 Å². The Labute approximate surface area is 249 Å². The van der Waals surface area contributed by atoms with Crippen LogP contribution in [0.2, 0.25) is 0 Å². The third-order valence-electron chi connectivity index (χ3n) is 8.36. The Kier molecular flexibility index (Phi) is 9.08. The molecule has 0 bridgehead atoms. The molecule has 10 heteroatoms. The van der Waals surface area contributed by atoms with E-state index in [4.69, 9.17) is 0 Å². The Balaban J connectivity index is 1.89. The van der Waals surface area contributed by atoms with E-state index in [1.165, 1.54) is 6.08 Å². The zero-order chi connectivity index (χ0) is 31.6. The lowest BCUT2D eigenvalue weighted by molar-refractivity contribution is -0.138. The second-order valence-corrected chi connectivity index (χ2v) is 11.0. The molecular weight excluding hydrogens is 548 g/mol. The summed E-state index contributed by atoms with van der Waals surface area (Å²) >= 11 is 0. The molecule has 2 aromatic heterocycles. The average Bonchev–Trinajstić information content (AvgIpc) is 3.59. The van der Waals surface area contributed by atoms with E-state index in [9.17, 15) is 29.4 Å². The summed E-state index contributed by atoms with van der Waals surface area (Å²) in [5, 5.41) is 26.2. The first kappa shape index (κ1) is 31.1. The Morgan fingerprint density at radius 1 is 0.907 bits per heavy atom. The summed E-state index contributed by atoms with van der Waals surface area (Å²) in [6, 6.07) is -0.347. The third-order valence-corrected chi connectivity index (χ3v) is 8.36. The molecule has 6 N–H and O–H groups in total.